The Balaban J connectivity index is 2.36. The summed E-state index contributed by atoms with van der Waals surface area (Å²) >= 11 is 11.9. The Labute approximate surface area is 217 Å². The van der Waals surface area contributed by atoms with Crippen LogP contribution in [0.4, 0.5) is 0 Å². The minimum absolute atomic E-state index is 0.309. The summed E-state index contributed by atoms with van der Waals surface area (Å²) in [5, 5.41) is 0.670. The molecule has 1 aliphatic heterocycles. The topological polar surface area (TPSA) is 132 Å². The molecule has 0 amide bonds. The van der Waals surface area contributed by atoms with E-state index in [2.05, 4.69) is 0 Å². The van der Waals surface area contributed by atoms with Crippen LogP contribution in [0.3, 0.4) is 0 Å². The van der Waals surface area contributed by atoms with Crippen molar-refractivity contribution in [1.29, 1.82) is 0 Å². The summed E-state index contributed by atoms with van der Waals surface area (Å²) in [6.07, 6.45) is -3.69. The molecule has 0 aromatic heterocycles. The van der Waals surface area contributed by atoms with Crippen molar-refractivity contribution in [2.75, 3.05) is 6.61 Å². The van der Waals surface area contributed by atoms with Gasteiger partial charge >= 0.3 is 23.9 Å². The molecule has 0 saturated carbocycles. The van der Waals surface area contributed by atoms with Gasteiger partial charge in [0.15, 0.2) is 24.1 Å². The molecule has 12 heteroatoms. The van der Waals surface area contributed by atoms with Crippen molar-refractivity contribution < 1.29 is 47.7 Å². The van der Waals surface area contributed by atoms with Gasteiger partial charge in [0, 0.05) is 34.1 Å². The third kappa shape index (κ3) is 8.92. The van der Waals surface area contributed by atoms with Crippen LogP contribution < -0.4 is 0 Å². The summed E-state index contributed by atoms with van der Waals surface area (Å²) < 4.78 is 26.9. The van der Waals surface area contributed by atoms with Crippen molar-refractivity contribution in [1.82, 2.24) is 0 Å². The Morgan fingerprint density at radius 2 is 1.36 bits per heavy atom. The minimum atomic E-state index is -1.33. The van der Waals surface area contributed by atoms with Crippen LogP contribution >= 0.6 is 23.2 Å². The zero-order valence-electron chi connectivity index (χ0n) is 20.0. The van der Waals surface area contributed by atoms with E-state index in [1.165, 1.54) is 19.1 Å². The summed E-state index contributed by atoms with van der Waals surface area (Å²) in [6, 6.07) is 4.81. The number of rotatable bonds is 9. The number of esters is 4. The summed E-state index contributed by atoms with van der Waals surface area (Å²) in [5.74, 6) is -3.31. The Hall–Kier alpha value is -2.95. The van der Waals surface area contributed by atoms with Crippen molar-refractivity contribution >= 4 is 58.9 Å². The maximum Gasteiger partial charge on any atom is 0.303 e. The monoisotopic (exact) mass is 544 g/mol. The molecule has 10 nitrogen and oxygen atoms in total. The van der Waals surface area contributed by atoms with Crippen molar-refractivity contribution in [2.24, 2.45) is 0 Å². The molecule has 1 aromatic rings. The highest BCUT2D eigenvalue weighted by Gasteiger charge is 2.52. The number of carbonyl (C=O) groups is 5. The standard InChI is InChI=1S/C24H26Cl2O10/c1-12(27)32-11-21-23(34-14(3)29)24(35-15(4)30)22(33-13(2)28)20(36-21)10-17(31)7-5-16-6-8-18(25)19(26)9-16/h5-9,20-24H,10-11H2,1-4H3/b7-5+/t20-,21+,22-,23+,24+/m0/s1. The van der Waals surface area contributed by atoms with Crippen LogP contribution in [-0.2, 0) is 47.7 Å². The Bertz CT molecular complexity index is 1040. The van der Waals surface area contributed by atoms with E-state index in [4.69, 9.17) is 46.9 Å². The molecular formula is C24H26Cl2O10. The number of carbonyl (C=O) groups excluding carboxylic acids is 5. The molecule has 0 bridgehead atoms. The highest BCUT2D eigenvalue weighted by Crippen LogP contribution is 2.31. The molecule has 2 rings (SSSR count). The lowest BCUT2D eigenvalue weighted by Crippen LogP contribution is -2.62. The summed E-state index contributed by atoms with van der Waals surface area (Å²) in [4.78, 5) is 59.6. The first kappa shape index (κ1) is 29.3. The zero-order chi connectivity index (χ0) is 27.0. The molecule has 0 radical (unpaired) electrons. The van der Waals surface area contributed by atoms with Crippen LogP contribution in [0.1, 0.15) is 39.7 Å². The second-order valence-electron chi connectivity index (χ2n) is 7.92. The lowest BCUT2D eigenvalue weighted by molar-refractivity contribution is -0.252. The molecule has 1 aromatic carbocycles. The van der Waals surface area contributed by atoms with Gasteiger partial charge in [-0.05, 0) is 23.8 Å². The lowest BCUT2D eigenvalue weighted by atomic mass is 9.91. The highest BCUT2D eigenvalue weighted by atomic mass is 35.5. The largest absolute Gasteiger partial charge is 0.463 e. The number of hydrogen-bond donors (Lipinski definition) is 0. The average Bonchev–Trinajstić information content (AvgIpc) is 2.76. The molecule has 0 spiro atoms. The SMILES string of the molecule is CC(=O)OC[C@H]1O[C@@H](CC(=O)/C=C/c2ccc(Cl)c(Cl)c2)[C@H](OC(C)=O)[C@@H](OC(C)=O)[C@@H]1OC(C)=O. The van der Waals surface area contributed by atoms with Gasteiger partial charge in [-0.2, -0.15) is 0 Å². The highest BCUT2D eigenvalue weighted by molar-refractivity contribution is 6.42. The normalized spacial score (nSPS) is 23.6. The number of ether oxygens (including phenoxy) is 5. The van der Waals surface area contributed by atoms with Gasteiger partial charge in [-0.25, -0.2) is 0 Å². The van der Waals surface area contributed by atoms with Crippen LogP contribution in [0, 0.1) is 0 Å². The second kappa shape index (κ2) is 13.4. The van der Waals surface area contributed by atoms with Gasteiger partial charge in [0.25, 0.3) is 0 Å². The first-order chi connectivity index (χ1) is 16.9. The summed E-state index contributed by atoms with van der Waals surface area (Å²) in [5.41, 5.74) is 0.610. The maximum absolute atomic E-state index is 12.8. The molecule has 0 unspecified atom stereocenters. The van der Waals surface area contributed by atoms with E-state index < -0.39 is 60.2 Å². The molecule has 0 N–H and O–H groups in total. The van der Waals surface area contributed by atoms with Gasteiger partial charge in [-0.15, -0.1) is 0 Å². The molecular weight excluding hydrogens is 519 g/mol. The Morgan fingerprint density at radius 3 is 1.89 bits per heavy atom. The molecule has 1 aliphatic rings. The maximum atomic E-state index is 12.8. The third-order valence-corrected chi connectivity index (χ3v) is 5.63. The fraction of sp³-hybridized carbons (Fsp3) is 0.458. The van der Waals surface area contributed by atoms with Gasteiger partial charge < -0.3 is 23.7 Å². The van der Waals surface area contributed by atoms with Gasteiger partial charge in [-0.1, -0.05) is 35.3 Å². The fourth-order valence-electron chi connectivity index (χ4n) is 3.55. The van der Waals surface area contributed by atoms with Crippen molar-refractivity contribution in [2.45, 2.75) is 64.6 Å². The van der Waals surface area contributed by atoms with E-state index in [9.17, 15) is 24.0 Å². The first-order valence-corrected chi connectivity index (χ1v) is 11.6. The Morgan fingerprint density at radius 1 is 0.806 bits per heavy atom. The van der Waals surface area contributed by atoms with E-state index in [1.54, 1.807) is 18.2 Å². The van der Waals surface area contributed by atoms with Crippen LogP contribution in [0.25, 0.3) is 6.08 Å². The quantitative estimate of drug-likeness (QED) is 0.259. The van der Waals surface area contributed by atoms with Crippen LogP contribution in [0.15, 0.2) is 24.3 Å². The van der Waals surface area contributed by atoms with Crippen LogP contribution in [-0.4, -0.2) is 66.8 Å². The number of benzene rings is 1. The molecule has 1 heterocycles. The van der Waals surface area contributed by atoms with E-state index in [1.807, 2.05) is 0 Å². The number of halogens is 2. The smallest absolute Gasteiger partial charge is 0.303 e. The van der Waals surface area contributed by atoms with Crippen molar-refractivity contribution in [3.8, 4) is 0 Å². The average molecular weight is 545 g/mol. The van der Waals surface area contributed by atoms with Gasteiger partial charge in [0.2, 0.25) is 0 Å². The van der Waals surface area contributed by atoms with Crippen LogP contribution in [0.5, 0.6) is 0 Å². The molecule has 1 saturated heterocycles. The summed E-state index contributed by atoms with van der Waals surface area (Å²) in [6.45, 7) is 4.16. The number of ketones is 1. The van der Waals surface area contributed by atoms with E-state index >= 15 is 0 Å². The number of hydrogen-bond acceptors (Lipinski definition) is 10. The third-order valence-electron chi connectivity index (χ3n) is 4.89. The molecule has 5 atom stereocenters. The van der Waals surface area contributed by atoms with Crippen molar-refractivity contribution in [3.63, 3.8) is 0 Å². The number of allylic oxidation sites excluding steroid dienone is 1. The fourth-order valence-corrected chi connectivity index (χ4v) is 3.86. The van der Waals surface area contributed by atoms with Crippen molar-refractivity contribution in [3.05, 3.63) is 39.9 Å². The minimum Gasteiger partial charge on any atom is -0.463 e. The van der Waals surface area contributed by atoms with Gasteiger partial charge in [0.1, 0.15) is 18.8 Å². The van der Waals surface area contributed by atoms with E-state index in [-0.39, 0.29) is 13.0 Å². The molecule has 36 heavy (non-hydrogen) atoms. The molecule has 0 aliphatic carbocycles. The van der Waals surface area contributed by atoms with E-state index in [0.29, 0.717) is 15.6 Å². The van der Waals surface area contributed by atoms with Gasteiger partial charge in [-0.3, -0.25) is 24.0 Å². The van der Waals surface area contributed by atoms with E-state index in [0.717, 1.165) is 20.8 Å². The Kier molecular flexibility index (Phi) is 10.9. The first-order valence-electron chi connectivity index (χ1n) is 10.8. The predicted molar refractivity (Wildman–Crippen MR) is 127 cm³/mol. The zero-order valence-corrected chi connectivity index (χ0v) is 21.5. The van der Waals surface area contributed by atoms with Gasteiger partial charge in [0.05, 0.1) is 10.0 Å². The summed E-state index contributed by atoms with van der Waals surface area (Å²) in [7, 11) is 0. The predicted octanol–water partition coefficient (Wildman–Crippen LogP) is 3.09. The van der Waals surface area contributed by atoms with Crippen LogP contribution in [0.2, 0.25) is 10.0 Å². The molecule has 1 fully saturated rings. The second-order valence-corrected chi connectivity index (χ2v) is 8.73. The lowest BCUT2D eigenvalue weighted by Gasteiger charge is -2.44. The molecule has 196 valence electrons.